The number of carbonyl (C=O) groups excluding carboxylic acids is 1. The number of phosphoric ester groups is 1. The summed E-state index contributed by atoms with van der Waals surface area (Å²) in [6.07, 6.45) is -0.676. The monoisotopic (exact) mass is 597 g/mol. The second-order valence-electron chi connectivity index (χ2n) is 10.00. The van der Waals surface area contributed by atoms with E-state index in [2.05, 4.69) is 4.52 Å². The van der Waals surface area contributed by atoms with Crippen LogP contribution in [0.1, 0.15) is 28.8 Å². The first-order valence-electron chi connectivity index (χ1n) is 13.0. The number of carbonyl (C=O) groups is 2. The lowest BCUT2D eigenvalue weighted by molar-refractivity contribution is -0.132. The minimum Gasteiger partial charge on any atom is -0.508 e. The molecule has 13 heteroatoms. The molecule has 1 amide bonds. The quantitative estimate of drug-likeness (QED) is 0.163. The lowest BCUT2D eigenvalue weighted by Gasteiger charge is -2.25. The van der Waals surface area contributed by atoms with Crippen LogP contribution in [0.5, 0.6) is 5.75 Å². The highest BCUT2D eigenvalue weighted by Gasteiger charge is 2.36. The zero-order valence-electron chi connectivity index (χ0n) is 22.4. The second kappa shape index (κ2) is 11.7. The molecule has 1 aliphatic carbocycles. The molecule has 2 aromatic rings. The number of carboxylic acid groups (broad SMARTS) is 1. The molecule has 2 heterocycles. The van der Waals surface area contributed by atoms with Crippen molar-refractivity contribution in [3.8, 4) is 28.2 Å². The van der Waals surface area contributed by atoms with Crippen LogP contribution in [0.2, 0.25) is 0 Å². The largest absolute Gasteiger partial charge is 0.508 e. The minimum absolute atomic E-state index is 0.0158. The van der Waals surface area contributed by atoms with Crippen LogP contribution in [0.4, 0.5) is 0 Å². The Kier molecular flexibility index (Phi) is 8.18. The fourth-order valence-corrected chi connectivity index (χ4v) is 5.77. The maximum Gasteiger partial charge on any atom is 0.471 e. The van der Waals surface area contributed by atoms with Gasteiger partial charge in [0.2, 0.25) is 5.91 Å². The number of carboxylic acids is 1. The minimum atomic E-state index is -4.27. The Morgan fingerprint density at radius 2 is 1.88 bits per heavy atom. The van der Waals surface area contributed by atoms with Crippen molar-refractivity contribution in [3.63, 3.8) is 0 Å². The van der Waals surface area contributed by atoms with Gasteiger partial charge in [-0.25, -0.2) is 9.36 Å². The van der Waals surface area contributed by atoms with E-state index in [9.17, 15) is 39.2 Å². The van der Waals surface area contributed by atoms with Crippen molar-refractivity contribution in [2.45, 2.75) is 31.4 Å². The summed E-state index contributed by atoms with van der Waals surface area (Å²) in [5.41, 5.74) is 1.69. The van der Waals surface area contributed by atoms with E-state index in [1.807, 2.05) is 0 Å². The molecule has 4 N–H and O–H groups in total. The van der Waals surface area contributed by atoms with Crippen LogP contribution in [-0.4, -0.2) is 69.4 Å². The van der Waals surface area contributed by atoms with E-state index in [1.54, 1.807) is 30.3 Å². The Morgan fingerprint density at radius 1 is 1.12 bits per heavy atom. The number of amides is 1. The topological polar surface area (TPSA) is 184 Å². The van der Waals surface area contributed by atoms with Crippen LogP contribution < -0.4 is 5.43 Å². The summed E-state index contributed by atoms with van der Waals surface area (Å²) in [5.74, 6) is -1.47. The van der Waals surface area contributed by atoms with E-state index in [-0.39, 0.29) is 66.4 Å². The molecule has 3 unspecified atom stereocenters. The lowest BCUT2D eigenvalue weighted by Crippen LogP contribution is -2.38. The third-order valence-corrected chi connectivity index (χ3v) is 8.24. The van der Waals surface area contributed by atoms with Gasteiger partial charge in [0.25, 0.3) is 0 Å². The molecule has 0 radical (unpaired) electrons. The summed E-state index contributed by atoms with van der Waals surface area (Å²) in [4.78, 5) is 48.2. The number of phenolic OH excluding ortho intramolecular Hbond substituents is 1. The fraction of sp³-hybridized carbons (Fsp3) is 0.276. The molecule has 0 spiro atoms. The number of fused-ring (bicyclic) bond motifs is 2. The number of β-amino-alcohol motifs (C(OH)–C–C–N with tert-alkyl or cyclic N) is 1. The summed E-state index contributed by atoms with van der Waals surface area (Å²) >= 11 is 0. The molecule has 2 aliphatic heterocycles. The smallest absolute Gasteiger partial charge is 0.471 e. The van der Waals surface area contributed by atoms with Crippen molar-refractivity contribution in [1.29, 1.82) is 0 Å². The Bertz CT molecular complexity index is 1750. The first-order valence-corrected chi connectivity index (χ1v) is 14.5. The van der Waals surface area contributed by atoms with Gasteiger partial charge in [-0.3, -0.25) is 18.6 Å². The van der Waals surface area contributed by atoms with Gasteiger partial charge < -0.3 is 29.5 Å². The molecule has 1 fully saturated rings. The van der Waals surface area contributed by atoms with Gasteiger partial charge in [-0.15, -0.1) is 0 Å². The van der Waals surface area contributed by atoms with E-state index in [4.69, 9.17) is 8.94 Å². The number of benzene rings is 3. The summed E-state index contributed by atoms with van der Waals surface area (Å²) in [5, 5.41) is 31.3. The van der Waals surface area contributed by atoms with Crippen molar-refractivity contribution >= 4 is 30.7 Å². The van der Waals surface area contributed by atoms with Gasteiger partial charge in [-0.1, -0.05) is 18.2 Å². The lowest BCUT2D eigenvalue weighted by atomic mass is 9.90. The number of phosphoric acid groups is 1. The predicted octanol–water partition coefficient (Wildman–Crippen LogP) is 3.63. The van der Waals surface area contributed by atoms with Gasteiger partial charge in [-0.05, 0) is 48.2 Å². The Balaban J connectivity index is 1.51. The van der Waals surface area contributed by atoms with Gasteiger partial charge in [0.05, 0.1) is 24.3 Å². The van der Waals surface area contributed by atoms with Crippen LogP contribution in [-0.2, 0) is 24.8 Å². The number of aryl methyl sites for hydroxylation is 1. The van der Waals surface area contributed by atoms with E-state index in [1.165, 1.54) is 29.2 Å². The van der Waals surface area contributed by atoms with Gasteiger partial charge in [0.1, 0.15) is 17.1 Å². The SMILES string of the molecule is COP(=O)(O)OCC1CC(O)CN1C(=O)CCc1cc2c(-c3ccccc3C(=O)O)c3ccc(=O)cc-3oc2cc1O. The van der Waals surface area contributed by atoms with E-state index < -0.39 is 25.9 Å². The third-order valence-electron chi connectivity index (χ3n) is 7.30. The van der Waals surface area contributed by atoms with Crippen molar-refractivity contribution in [1.82, 2.24) is 4.90 Å². The number of phenols is 1. The molecule has 3 atom stereocenters. The second-order valence-corrected chi connectivity index (χ2v) is 11.6. The van der Waals surface area contributed by atoms with Gasteiger partial charge in [0.15, 0.2) is 5.43 Å². The van der Waals surface area contributed by atoms with Gasteiger partial charge in [0, 0.05) is 48.7 Å². The number of aliphatic hydroxyl groups excluding tert-OH is 1. The van der Waals surface area contributed by atoms with Crippen molar-refractivity contribution in [2.75, 3.05) is 20.3 Å². The number of rotatable bonds is 9. The number of hydrogen-bond donors (Lipinski definition) is 4. The molecule has 5 rings (SSSR count). The standard InChI is InChI=1S/C29H28NO11P/c1-39-42(37,38)40-15-17-11-19(32)14-30(17)27(34)9-6-16-10-23-26(13-24(16)33)41-25-12-18(31)7-8-22(25)28(23)20-4-2-3-5-21(20)29(35)36/h2-5,7-8,10,12-13,17,19,32-33H,6,9,11,14-15H2,1H3,(H,35,36)(H,37,38). The molecule has 0 saturated carbocycles. The van der Waals surface area contributed by atoms with Crippen LogP contribution in [0.3, 0.4) is 0 Å². The Hall–Kier alpha value is -4.06. The third kappa shape index (κ3) is 5.94. The fourth-order valence-electron chi connectivity index (χ4n) is 5.30. The highest BCUT2D eigenvalue weighted by atomic mass is 31.2. The number of nitrogens with zero attached hydrogens (tertiary/aromatic N) is 1. The summed E-state index contributed by atoms with van der Waals surface area (Å²) in [7, 11) is -3.25. The average molecular weight is 598 g/mol. The van der Waals surface area contributed by atoms with Crippen molar-refractivity contribution in [2.24, 2.45) is 0 Å². The zero-order valence-corrected chi connectivity index (χ0v) is 23.3. The normalized spacial score (nSPS) is 18.4. The average Bonchev–Trinajstić information content (AvgIpc) is 3.34. The number of aliphatic hydroxyl groups is 1. The number of aromatic carboxylic acids is 1. The molecule has 0 bridgehead atoms. The summed E-state index contributed by atoms with van der Waals surface area (Å²) in [6.45, 7) is -0.292. The number of aromatic hydroxyl groups is 1. The summed E-state index contributed by atoms with van der Waals surface area (Å²) < 4.78 is 27.0. The highest BCUT2D eigenvalue weighted by molar-refractivity contribution is 7.47. The maximum absolute atomic E-state index is 13.2. The van der Waals surface area contributed by atoms with Crippen LogP contribution in [0, 0.1) is 0 Å². The van der Waals surface area contributed by atoms with Crippen molar-refractivity contribution < 1.29 is 47.8 Å². The predicted molar refractivity (Wildman–Crippen MR) is 150 cm³/mol. The molecule has 3 aliphatic rings. The highest BCUT2D eigenvalue weighted by Crippen LogP contribution is 2.44. The molecule has 2 aromatic carbocycles. The molecular formula is C29H28NO11P. The van der Waals surface area contributed by atoms with Crippen LogP contribution >= 0.6 is 7.82 Å². The Morgan fingerprint density at radius 3 is 2.62 bits per heavy atom. The van der Waals surface area contributed by atoms with E-state index in [0.29, 0.717) is 27.6 Å². The zero-order chi connectivity index (χ0) is 30.2. The molecule has 220 valence electrons. The van der Waals surface area contributed by atoms with Gasteiger partial charge >= 0.3 is 13.8 Å². The molecule has 1 saturated heterocycles. The Labute approximate surface area is 239 Å². The molecular weight excluding hydrogens is 569 g/mol. The van der Waals surface area contributed by atoms with Gasteiger partial charge in [-0.2, -0.15) is 0 Å². The number of hydrogen-bond acceptors (Lipinski definition) is 9. The summed E-state index contributed by atoms with van der Waals surface area (Å²) in [6, 6.07) is 12.9. The molecule has 0 aromatic heterocycles. The number of likely N-dealkylation sites (tertiary alicyclic amines) is 1. The maximum atomic E-state index is 13.2. The first-order chi connectivity index (χ1) is 20.0. The van der Waals surface area contributed by atoms with E-state index in [0.717, 1.165) is 7.11 Å². The van der Waals surface area contributed by atoms with Crippen LogP contribution in [0.15, 0.2) is 63.8 Å². The van der Waals surface area contributed by atoms with Crippen LogP contribution in [0.25, 0.3) is 33.4 Å². The molecule has 12 nitrogen and oxygen atoms in total. The van der Waals surface area contributed by atoms with Crippen molar-refractivity contribution in [3.05, 3.63) is 75.9 Å². The van der Waals surface area contributed by atoms with E-state index >= 15 is 0 Å². The first kappa shape index (κ1) is 29.4. The molecule has 42 heavy (non-hydrogen) atoms.